The molecule has 3 rings (SSSR count). The van der Waals surface area contributed by atoms with Crippen LogP contribution in [0.4, 0.5) is 11.4 Å². The van der Waals surface area contributed by atoms with E-state index < -0.39 is 6.04 Å². The largest absolute Gasteiger partial charge is 0.495 e. The predicted molar refractivity (Wildman–Crippen MR) is 114 cm³/mol. The Bertz CT molecular complexity index is 895. The summed E-state index contributed by atoms with van der Waals surface area (Å²) in [6.07, 6.45) is 1.30. The molecule has 3 amide bonds. The number of amides is 3. The van der Waals surface area contributed by atoms with Gasteiger partial charge >= 0.3 is 0 Å². The number of thiophene rings is 1. The van der Waals surface area contributed by atoms with E-state index in [9.17, 15) is 14.4 Å². The molecule has 1 fully saturated rings. The van der Waals surface area contributed by atoms with Crippen LogP contribution in [-0.4, -0.2) is 37.4 Å². The lowest BCUT2D eigenvalue weighted by Gasteiger charge is -2.23. The zero-order chi connectivity index (χ0) is 21.0. The molecule has 0 bridgehead atoms. The Kier molecular flexibility index (Phi) is 6.53. The van der Waals surface area contributed by atoms with Gasteiger partial charge in [0, 0.05) is 18.7 Å². The van der Waals surface area contributed by atoms with Crippen LogP contribution < -0.4 is 20.3 Å². The summed E-state index contributed by atoms with van der Waals surface area (Å²) in [6.45, 7) is 4.38. The van der Waals surface area contributed by atoms with E-state index in [1.807, 2.05) is 19.2 Å². The molecule has 1 aliphatic heterocycles. The third kappa shape index (κ3) is 4.76. The highest BCUT2D eigenvalue weighted by molar-refractivity contribution is 7.12. The number of benzene rings is 1. The number of nitrogens with zero attached hydrogens (tertiary/aromatic N) is 1. The van der Waals surface area contributed by atoms with E-state index in [1.165, 1.54) is 11.3 Å². The van der Waals surface area contributed by atoms with Crippen LogP contribution in [0.3, 0.4) is 0 Å². The second kappa shape index (κ2) is 9.09. The number of nitrogens with one attached hydrogen (secondary N) is 2. The van der Waals surface area contributed by atoms with Crippen LogP contribution in [0.5, 0.6) is 5.75 Å². The number of carbonyl (C=O) groups is 3. The van der Waals surface area contributed by atoms with Crippen LogP contribution >= 0.6 is 11.3 Å². The van der Waals surface area contributed by atoms with E-state index in [2.05, 4.69) is 10.6 Å². The number of ether oxygens (including phenoxy) is 1. The maximum Gasteiger partial charge on any atom is 0.262 e. The molecule has 7 nitrogen and oxygen atoms in total. The lowest BCUT2D eigenvalue weighted by Crippen LogP contribution is -2.47. The normalized spacial score (nSPS) is 14.8. The Morgan fingerprint density at radius 2 is 2.03 bits per heavy atom. The lowest BCUT2D eigenvalue weighted by molar-refractivity contribution is -0.119. The molecule has 0 spiro atoms. The van der Waals surface area contributed by atoms with Gasteiger partial charge in [-0.3, -0.25) is 14.4 Å². The number of hydrogen-bond acceptors (Lipinski definition) is 5. The van der Waals surface area contributed by atoms with Crippen LogP contribution in [0.1, 0.15) is 36.4 Å². The minimum Gasteiger partial charge on any atom is -0.495 e. The van der Waals surface area contributed by atoms with Gasteiger partial charge in [-0.2, -0.15) is 0 Å². The molecule has 29 heavy (non-hydrogen) atoms. The van der Waals surface area contributed by atoms with Crippen molar-refractivity contribution in [3.63, 3.8) is 0 Å². The highest BCUT2D eigenvalue weighted by Crippen LogP contribution is 2.34. The van der Waals surface area contributed by atoms with Crippen molar-refractivity contribution < 1.29 is 19.1 Å². The SMILES string of the molecule is COc1ccc(NC(=O)C(NC(=O)c2cccs2)C(C)C)cc1N1CCCC1=O. The molecule has 1 atom stereocenters. The van der Waals surface area contributed by atoms with Gasteiger partial charge in [-0.05, 0) is 42.0 Å². The number of hydrogen-bond donors (Lipinski definition) is 2. The summed E-state index contributed by atoms with van der Waals surface area (Å²) in [6, 6.07) is 8.01. The Morgan fingerprint density at radius 1 is 1.24 bits per heavy atom. The van der Waals surface area contributed by atoms with E-state index in [-0.39, 0.29) is 23.6 Å². The second-order valence-electron chi connectivity index (χ2n) is 7.20. The third-order valence-electron chi connectivity index (χ3n) is 4.79. The Hall–Kier alpha value is -2.87. The summed E-state index contributed by atoms with van der Waals surface area (Å²) < 4.78 is 5.38. The predicted octanol–water partition coefficient (Wildman–Crippen LogP) is 3.28. The fraction of sp³-hybridized carbons (Fsp3) is 0.381. The summed E-state index contributed by atoms with van der Waals surface area (Å²) in [7, 11) is 1.55. The first-order chi connectivity index (χ1) is 13.9. The fourth-order valence-electron chi connectivity index (χ4n) is 3.26. The highest BCUT2D eigenvalue weighted by Gasteiger charge is 2.27. The van der Waals surface area contributed by atoms with Crippen LogP contribution in [0.15, 0.2) is 35.7 Å². The van der Waals surface area contributed by atoms with Crippen LogP contribution in [-0.2, 0) is 9.59 Å². The molecule has 2 heterocycles. The monoisotopic (exact) mass is 415 g/mol. The molecular formula is C21H25N3O4S. The zero-order valence-corrected chi connectivity index (χ0v) is 17.5. The molecule has 0 radical (unpaired) electrons. The Balaban J connectivity index is 1.77. The summed E-state index contributed by atoms with van der Waals surface area (Å²) in [4.78, 5) is 39.6. The molecule has 1 aromatic carbocycles. The van der Waals surface area contributed by atoms with Gasteiger partial charge in [-0.25, -0.2) is 0 Å². The zero-order valence-electron chi connectivity index (χ0n) is 16.7. The Morgan fingerprint density at radius 3 is 2.62 bits per heavy atom. The molecule has 1 saturated heterocycles. The summed E-state index contributed by atoms with van der Waals surface area (Å²) in [5.41, 5.74) is 1.18. The molecule has 1 aromatic heterocycles. The van der Waals surface area contributed by atoms with Gasteiger partial charge in [0.15, 0.2) is 0 Å². The Labute approximate surface area is 174 Å². The number of anilines is 2. The van der Waals surface area contributed by atoms with Crippen LogP contribution in [0, 0.1) is 5.92 Å². The van der Waals surface area contributed by atoms with Crippen LogP contribution in [0.2, 0.25) is 0 Å². The number of methoxy groups -OCH3 is 1. The second-order valence-corrected chi connectivity index (χ2v) is 8.14. The van der Waals surface area contributed by atoms with Gasteiger partial charge in [0.1, 0.15) is 11.8 Å². The molecule has 1 unspecified atom stereocenters. The van der Waals surface area contributed by atoms with E-state index >= 15 is 0 Å². The van der Waals surface area contributed by atoms with Gasteiger partial charge in [0.05, 0.1) is 17.7 Å². The van der Waals surface area contributed by atoms with Crippen molar-refractivity contribution in [3.8, 4) is 5.75 Å². The average molecular weight is 416 g/mol. The van der Waals surface area contributed by atoms with Gasteiger partial charge in [0.2, 0.25) is 11.8 Å². The number of rotatable bonds is 7. The van der Waals surface area contributed by atoms with Crippen molar-refractivity contribution in [2.75, 3.05) is 23.9 Å². The quantitative estimate of drug-likeness (QED) is 0.727. The van der Waals surface area contributed by atoms with Gasteiger partial charge in [-0.1, -0.05) is 19.9 Å². The topological polar surface area (TPSA) is 87.7 Å². The molecule has 2 N–H and O–H groups in total. The first kappa shape index (κ1) is 20.9. The molecule has 0 aliphatic carbocycles. The van der Waals surface area contributed by atoms with Crippen molar-refractivity contribution in [1.29, 1.82) is 0 Å². The van der Waals surface area contributed by atoms with E-state index in [0.717, 1.165) is 6.42 Å². The molecular weight excluding hydrogens is 390 g/mol. The smallest absolute Gasteiger partial charge is 0.262 e. The third-order valence-corrected chi connectivity index (χ3v) is 5.66. The fourth-order valence-corrected chi connectivity index (χ4v) is 3.88. The van der Waals surface area contributed by atoms with Crippen molar-refractivity contribution in [1.82, 2.24) is 5.32 Å². The standard InChI is InChI=1S/C21H25N3O4S/c1-13(2)19(23-20(26)17-6-5-11-29-17)21(27)22-14-8-9-16(28-3)15(12-14)24-10-4-7-18(24)25/h5-6,8-9,11-13,19H,4,7,10H2,1-3H3,(H,22,27)(H,23,26). The minimum atomic E-state index is -0.691. The first-order valence-corrected chi connectivity index (χ1v) is 10.4. The molecule has 0 saturated carbocycles. The van der Waals surface area contributed by atoms with E-state index in [4.69, 9.17) is 4.74 Å². The molecule has 8 heteroatoms. The average Bonchev–Trinajstić information content (AvgIpc) is 3.37. The van der Waals surface area contributed by atoms with Crippen molar-refractivity contribution in [2.24, 2.45) is 5.92 Å². The van der Waals surface area contributed by atoms with E-state index in [1.54, 1.807) is 42.3 Å². The molecule has 154 valence electrons. The maximum atomic E-state index is 12.9. The van der Waals surface area contributed by atoms with Crippen molar-refractivity contribution in [3.05, 3.63) is 40.6 Å². The first-order valence-electron chi connectivity index (χ1n) is 9.54. The van der Waals surface area contributed by atoms with Crippen LogP contribution in [0.25, 0.3) is 0 Å². The highest BCUT2D eigenvalue weighted by atomic mass is 32.1. The molecule has 1 aliphatic rings. The maximum absolute atomic E-state index is 12.9. The van der Waals surface area contributed by atoms with Gasteiger partial charge in [0.25, 0.3) is 5.91 Å². The number of carbonyl (C=O) groups excluding carboxylic acids is 3. The minimum absolute atomic E-state index is 0.0371. The summed E-state index contributed by atoms with van der Waals surface area (Å²) >= 11 is 1.33. The van der Waals surface area contributed by atoms with Crippen molar-refractivity contribution in [2.45, 2.75) is 32.7 Å². The summed E-state index contributed by atoms with van der Waals surface area (Å²) in [5, 5.41) is 7.49. The summed E-state index contributed by atoms with van der Waals surface area (Å²) in [5.74, 6) is -0.0720. The van der Waals surface area contributed by atoms with Gasteiger partial charge in [-0.15, -0.1) is 11.3 Å². The van der Waals surface area contributed by atoms with Crippen molar-refractivity contribution >= 4 is 40.4 Å². The molecule has 2 aromatic rings. The van der Waals surface area contributed by atoms with Gasteiger partial charge < -0.3 is 20.3 Å². The van der Waals surface area contributed by atoms with E-state index in [0.29, 0.717) is 35.0 Å². The lowest BCUT2D eigenvalue weighted by atomic mass is 10.0.